The summed E-state index contributed by atoms with van der Waals surface area (Å²) in [5.74, 6) is -8.22. The van der Waals surface area contributed by atoms with Crippen molar-refractivity contribution in [1.29, 1.82) is 0 Å². The number of aromatic nitrogens is 5. The number of aromatic amines is 2. The van der Waals surface area contributed by atoms with Gasteiger partial charge in [-0.05, 0) is 12.1 Å². The first-order valence-electron chi connectivity index (χ1n) is 7.08. The van der Waals surface area contributed by atoms with Crippen LogP contribution in [0.25, 0.3) is 11.6 Å². The summed E-state index contributed by atoms with van der Waals surface area (Å²) in [5, 5.41) is 5.59. The fraction of sp³-hybridized carbons (Fsp3) is 0.143. The molecule has 0 bridgehead atoms. The molecule has 0 radical (unpaired) electrons. The Kier molecular flexibility index (Phi) is 5.02. The zero-order valence-electron chi connectivity index (χ0n) is 13.1. The van der Waals surface area contributed by atoms with Crippen LogP contribution in [0.15, 0.2) is 29.3 Å². The molecule has 0 spiro atoms. The average molecular weight is 442 g/mol. The van der Waals surface area contributed by atoms with Gasteiger partial charge < -0.3 is 9.72 Å². The summed E-state index contributed by atoms with van der Waals surface area (Å²) in [6.45, 7) is 0. The van der Waals surface area contributed by atoms with Gasteiger partial charge in [0, 0.05) is 6.07 Å². The normalized spacial score (nSPS) is 12.2. The standard InChI is InChI=1S/C14H6Cl2F5N5O2/c15-6-2-1-5(3-7(6)16)28-8-9(13(17,18)14(19,20)21)24-11(25-12(8)27)10-22-4-23-26-10/h1-4H,(H,22,23,26)(H,24,25,27). The molecular weight excluding hydrogens is 436 g/mol. The van der Waals surface area contributed by atoms with Crippen molar-refractivity contribution in [3.8, 4) is 23.1 Å². The lowest BCUT2D eigenvalue weighted by atomic mass is 10.2. The van der Waals surface area contributed by atoms with E-state index in [-0.39, 0.29) is 21.6 Å². The van der Waals surface area contributed by atoms with Crippen LogP contribution in [0.5, 0.6) is 11.5 Å². The number of rotatable bonds is 4. The summed E-state index contributed by atoms with van der Waals surface area (Å²) in [5.41, 5.74) is -3.37. The van der Waals surface area contributed by atoms with Crippen LogP contribution in [-0.4, -0.2) is 31.3 Å². The predicted octanol–water partition coefficient (Wildman–Crippen LogP) is 4.31. The highest BCUT2D eigenvalue weighted by Gasteiger charge is 2.62. The number of halogens is 7. The fourth-order valence-corrected chi connectivity index (χ4v) is 2.28. The molecule has 2 N–H and O–H groups in total. The Morgan fingerprint density at radius 2 is 1.75 bits per heavy atom. The summed E-state index contributed by atoms with van der Waals surface area (Å²) in [6.07, 6.45) is -5.11. The molecule has 0 fully saturated rings. The minimum Gasteiger partial charge on any atom is -0.449 e. The van der Waals surface area contributed by atoms with Gasteiger partial charge in [0.15, 0.2) is 17.3 Å². The maximum absolute atomic E-state index is 14.1. The van der Waals surface area contributed by atoms with Gasteiger partial charge in [-0.25, -0.2) is 9.97 Å². The van der Waals surface area contributed by atoms with Gasteiger partial charge in [0.05, 0.1) is 10.0 Å². The van der Waals surface area contributed by atoms with Gasteiger partial charge in [0.2, 0.25) is 5.75 Å². The Bertz CT molecular complexity index is 1070. The Morgan fingerprint density at radius 1 is 1.04 bits per heavy atom. The molecule has 3 rings (SSSR count). The second kappa shape index (κ2) is 7.02. The molecule has 0 aliphatic heterocycles. The molecule has 148 valence electrons. The van der Waals surface area contributed by atoms with E-state index >= 15 is 0 Å². The van der Waals surface area contributed by atoms with E-state index in [0.29, 0.717) is 0 Å². The second-order valence-corrected chi connectivity index (χ2v) is 5.99. The monoisotopic (exact) mass is 441 g/mol. The molecular formula is C14H6Cl2F5N5O2. The van der Waals surface area contributed by atoms with E-state index in [0.717, 1.165) is 18.5 Å². The molecule has 0 amide bonds. The van der Waals surface area contributed by atoms with Crippen molar-refractivity contribution in [2.75, 3.05) is 0 Å². The number of nitrogens with zero attached hydrogens (tertiary/aromatic N) is 3. The van der Waals surface area contributed by atoms with E-state index < -0.39 is 34.9 Å². The van der Waals surface area contributed by atoms with Crippen LogP contribution >= 0.6 is 23.2 Å². The smallest absolute Gasteiger partial charge is 0.449 e. The molecule has 2 heterocycles. The predicted molar refractivity (Wildman–Crippen MR) is 86.7 cm³/mol. The number of benzene rings is 1. The molecule has 7 nitrogen and oxygen atoms in total. The quantitative estimate of drug-likeness (QED) is 0.588. The highest BCUT2D eigenvalue weighted by molar-refractivity contribution is 6.42. The van der Waals surface area contributed by atoms with Crippen LogP contribution in [0.2, 0.25) is 10.0 Å². The third kappa shape index (κ3) is 3.64. The highest BCUT2D eigenvalue weighted by Crippen LogP contribution is 2.46. The van der Waals surface area contributed by atoms with Crippen molar-refractivity contribution < 1.29 is 26.7 Å². The van der Waals surface area contributed by atoms with Crippen LogP contribution in [0.1, 0.15) is 5.69 Å². The van der Waals surface area contributed by atoms with E-state index in [2.05, 4.69) is 20.2 Å². The van der Waals surface area contributed by atoms with Crippen molar-refractivity contribution in [3.63, 3.8) is 0 Å². The Hall–Kier alpha value is -2.73. The van der Waals surface area contributed by atoms with E-state index in [1.54, 1.807) is 0 Å². The number of hydrogen-bond donors (Lipinski definition) is 2. The third-order valence-electron chi connectivity index (χ3n) is 3.28. The largest absolute Gasteiger partial charge is 0.459 e. The first kappa shape index (κ1) is 20.0. The number of nitrogens with one attached hydrogen (secondary N) is 2. The summed E-state index contributed by atoms with van der Waals surface area (Å²) in [7, 11) is 0. The van der Waals surface area contributed by atoms with Gasteiger partial charge in [-0.2, -0.15) is 27.1 Å². The van der Waals surface area contributed by atoms with Gasteiger partial charge in [0.25, 0.3) is 5.56 Å². The molecule has 2 aromatic heterocycles. The summed E-state index contributed by atoms with van der Waals surface area (Å²) in [4.78, 5) is 21.0. The second-order valence-electron chi connectivity index (χ2n) is 5.18. The van der Waals surface area contributed by atoms with E-state index in [1.807, 2.05) is 4.98 Å². The van der Waals surface area contributed by atoms with E-state index in [9.17, 15) is 26.7 Å². The maximum Gasteiger partial charge on any atom is 0.459 e. The first-order valence-corrected chi connectivity index (χ1v) is 7.84. The lowest BCUT2D eigenvalue weighted by molar-refractivity contribution is -0.291. The maximum atomic E-state index is 14.1. The molecule has 0 aliphatic carbocycles. The molecule has 3 aromatic rings. The fourth-order valence-electron chi connectivity index (χ4n) is 1.99. The van der Waals surface area contributed by atoms with Crippen molar-refractivity contribution in [3.05, 3.63) is 50.6 Å². The third-order valence-corrected chi connectivity index (χ3v) is 4.02. The van der Waals surface area contributed by atoms with Crippen LogP contribution in [0, 0.1) is 0 Å². The number of alkyl halides is 5. The summed E-state index contributed by atoms with van der Waals surface area (Å²) in [6, 6.07) is 3.35. The topological polar surface area (TPSA) is 96.6 Å². The molecule has 14 heteroatoms. The van der Waals surface area contributed by atoms with E-state index in [1.165, 1.54) is 6.07 Å². The van der Waals surface area contributed by atoms with Gasteiger partial charge in [0.1, 0.15) is 12.1 Å². The van der Waals surface area contributed by atoms with Crippen molar-refractivity contribution in [2.45, 2.75) is 12.1 Å². The number of ether oxygens (including phenoxy) is 1. The van der Waals surface area contributed by atoms with Gasteiger partial charge in [-0.1, -0.05) is 23.2 Å². The first-order chi connectivity index (χ1) is 13.0. The Labute approximate surface area is 161 Å². The van der Waals surface area contributed by atoms with Crippen LogP contribution < -0.4 is 10.3 Å². The van der Waals surface area contributed by atoms with Crippen LogP contribution in [-0.2, 0) is 5.92 Å². The molecule has 28 heavy (non-hydrogen) atoms. The average Bonchev–Trinajstić information content (AvgIpc) is 3.13. The van der Waals surface area contributed by atoms with Crippen LogP contribution in [0.4, 0.5) is 22.0 Å². The van der Waals surface area contributed by atoms with Gasteiger partial charge >= 0.3 is 12.1 Å². The molecule has 0 aliphatic rings. The lowest BCUT2D eigenvalue weighted by Gasteiger charge is -2.21. The SMILES string of the molecule is O=c1[nH]c(-c2ncn[nH]2)nc(C(F)(F)C(F)(F)F)c1Oc1ccc(Cl)c(Cl)c1. The van der Waals surface area contributed by atoms with Gasteiger partial charge in [-0.3, -0.25) is 9.89 Å². The molecule has 0 unspecified atom stereocenters. The molecule has 0 saturated carbocycles. The zero-order valence-corrected chi connectivity index (χ0v) is 14.6. The molecule has 1 aromatic carbocycles. The molecule has 0 saturated heterocycles. The van der Waals surface area contributed by atoms with Crippen LogP contribution in [0.3, 0.4) is 0 Å². The number of hydrogen-bond acceptors (Lipinski definition) is 5. The minimum absolute atomic E-state index is 0.0718. The van der Waals surface area contributed by atoms with Crippen molar-refractivity contribution >= 4 is 23.2 Å². The lowest BCUT2D eigenvalue weighted by Crippen LogP contribution is -2.36. The minimum atomic E-state index is -6.05. The Balaban J connectivity index is 2.20. The van der Waals surface area contributed by atoms with Gasteiger partial charge in [-0.15, -0.1) is 0 Å². The summed E-state index contributed by atoms with van der Waals surface area (Å²) >= 11 is 11.5. The molecule has 0 atom stereocenters. The summed E-state index contributed by atoms with van der Waals surface area (Å²) < 4.78 is 71.9. The highest BCUT2D eigenvalue weighted by atomic mass is 35.5. The van der Waals surface area contributed by atoms with E-state index in [4.69, 9.17) is 27.9 Å². The Morgan fingerprint density at radius 3 is 2.32 bits per heavy atom. The van der Waals surface area contributed by atoms with Crippen molar-refractivity contribution in [2.24, 2.45) is 0 Å². The zero-order chi connectivity index (χ0) is 20.7. The number of H-pyrrole nitrogens is 2. The van der Waals surface area contributed by atoms with Crippen molar-refractivity contribution in [1.82, 2.24) is 25.1 Å².